The highest BCUT2D eigenvalue weighted by atomic mass is 16.5. The van der Waals surface area contributed by atoms with Crippen LogP contribution in [0.4, 0.5) is 0 Å². The third-order valence-corrected chi connectivity index (χ3v) is 7.68. The van der Waals surface area contributed by atoms with E-state index in [1.54, 1.807) is 0 Å². The average Bonchev–Trinajstić information content (AvgIpc) is 3.39. The number of fused-ring (bicyclic) bond motifs is 1. The van der Waals surface area contributed by atoms with Crippen molar-refractivity contribution in [2.45, 2.75) is 6.92 Å². The summed E-state index contributed by atoms with van der Waals surface area (Å²) >= 11 is 0. The van der Waals surface area contributed by atoms with E-state index < -0.39 is 0 Å². The lowest BCUT2D eigenvalue weighted by atomic mass is 9.58. The minimum atomic E-state index is -0.383. The average molecular weight is 320 g/mol. The van der Waals surface area contributed by atoms with Crippen LogP contribution in [0.2, 0.25) is 0 Å². The van der Waals surface area contributed by atoms with Crippen LogP contribution in [0.15, 0.2) is 0 Å². The zero-order valence-corrected chi connectivity index (χ0v) is 13.4. The topological polar surface area (TPSA) is 78.9 Å². The number of rotatable bonds is 4. The van der Waals surface area contributed by atoms with Crippen molar-refractivity contribution < 1.29 is 28.6 Å². The van der Waals surface area contributed by atoms with E-state index in [-0.39, 0.29) is 47.0 Å². The van der Waals surface area contributed by atoms with Crippen molar-refractivity contribution in [3.05, 3.63) is 0 Å². The van der Waals surface area contributed by atoms with Gasteiger partial charge in [0.05, 0.1) is 32.7 Å². The maximum absolute atomic E-state index is 12.4. The summed E-state index contributed by atoms with van der Waals surface area (Å²) < 4.78 is 15.4. The molecule has 0 N–H and O–H groups in total. The van der Waals surface area contributed by atoms with Crippen LogP contribution >= 0.6 is 0 Å². The minimum absolute atomic E-state index is 0.0331. The molecule has 0 aromatic carbocycles. The van der Waals surface area contributed by atoms with E-state index in [2.05, 4.69) is 0 Å². The molecule has 6 nitrogen and oxygen atoms in total. The molecule has 0 saturated heterocycles. The van der Waals surface area contributed by atoms with Gasteiger partial charge in [0.25, 0.3) is 0 Å². The minimum Gasteiger partial charge on any atom is -0.469 e. The summed E-state index contributed by atoms with van der Waals surface area (Å²) in [4.78, 5) is 36.0. The summed E-state index contributed by atoms with van der Waals surface area (Å²) in [5.74, 6) is 1.18. The molecule has 10 atom stereocenters. The van der Waals surface area contributed by atoms with Gasteiger partial charge in [0.2, 0.25) is 0 Å². The number of hydrogen-bond donors (Lipinski definition) is 0. The highest BCUT2D eigenvalue weighted by Crippen LogP contribution is 2.98. The summed E-state index contributed by atoms with van der Waals surface area (Å²) in [6, 6.07) is 0. The van der Waals surface area contributed by atoms with E-state index in [0.717, 1.165) is 0 Å². The van der Waals surface area contributed by atoms with Crippen molar-refractivity contribution in [1.82, 2.24) is 0 Å². The molecule has 6 saturated carbocycles. The standard InChI is InChI=1S/C17H20O6/c1-5(18)23-4-17-12-6-7(12)9-11(16(20)22-3)10(15(19)21-2)8(6)13(17)14(9)17/h6-14H,4H2,1-3H3/t6-,7+,8-,9-,10+,11-,12?,13+,14+,17?/m1/s1. The molecule has 0 amide bonds. The molecule has 6 rings (SSSR count). The van der Waals surface area contributed by atoms with E-state index in [0.29, 0.717) is 36.2 Å². The van der Waals surface area contributed by atoms with Crippen LogP contribution in [0.25, 0.3) is 0 Å². The van der Waals surface area contributed by atoms with Gasteiger partial charge >= 0.3 is 17.9 Å². The second-order valence-corrected chi connectivity index (χ2v) is 7.88. The number of hydrogen-bond acceptors (Lipinski definition) is 6. The molecule has 6 fully saturated rings. The second-order valence-electron chi connectivity index (χ2n) is 7.88. The van der Waals surface area contributed by atoms with Crippen LogP contribution < -0.4 is 0 Å². The Balaban J connectivity index is 1.52. The van der Waals surface area contributed by atoms with Gasteiger partial charge in [-0.1, -0.05) is 0 Å². The highest BCUT2D eigenvalue weighted by Gasteiger charge is 2.98. The third kappa shape index (κ3) is 1.25. The molecule has 124 valence electrons. The van der Waals surface area contributed by atoms with E-state index in [1.807, 2.05) is 0 Å². The van der Waals surface area contributed by atoms with Crippen LogP contribution in [-0.4, -0.2) is 38.7 Å². The van der Waals surface area contributed by atoms with Gasteiger partial charge in [-0.15, -0.1) is 0 Å². The van der Waals surface area contributed by atoms with Crippen LogP contribution in [0, 0.1) is 58.7 Å². The second kappa shape index (κ2) is 3.90. The van der Waals surface area contributed by atoms with Crippen LogP contribution in [0.3, 0.4) is 0 Å². The zero-order chi connectivity index (χ0) is 16.3. The summed E-state index contributed by atoms with van der Waals surface area (Å²) in [6.07, 6.45) is 0. The molecular weight excluding hydrogens is 300 g/mol. The van der Waals surface area contributed by atoms with Crippen LogP contribution in [-0.2, 0) is 28.6 Å². The van der Waals surface area contributed by atoms with Crippen LogP contribution in [0.5, 0.6) is 0 Å². The Bertz CT molecular complexity index is 599. The highest BCUT2D eigenvalue weighted by molar-refractivity contribution is 5.85. The third-order valence-electron chi connectivity index (χ3n) is 7.68. The first-order valence-corrected chi connectivity index (χ1v) is 8.29. The van der Waals surface area contributed by atoms with E-state index in [9.17, 15) is 14.4 Å². The predicted octanol–water partition coefficient (Wildman–Crippen LogP) is 0.496. The summed E-state index contributed by atoms with van der Waals surface area (Å²) in [5, 5.41) is 0. The van der Waals surface area contributed by atoms with Crippen molar-refractivity contribution in [3.8, 4) is 0 Å². The Morgan fingerprint density at radius 1 is 0.826 bits per heavy atom. The van der Waals surface area contributed by atoms with Crippen molar-refractivity contribution in [3.63, 3.8) is 0 Å². The number of carbonyl (C=O) groups excluding carboxylic acids is 3. The van der Waals surface area contributed by atoms with E-state index >= 15 is 0 Å². The molecule has 6 heteroatoms. The van der Waals surface area contributed by atoms with Gasteiger partial charge in [-0.05, 0) is 41.4 Å². The van der Waals surface area contributed by atoms with Crippen molar-refractivity contribution in [1.29, 1.82) is 0 Å². The van der Waals surface area contributed by atoms with Gasteiger partial charge in [-0.3, -0.25) is 14.4 Å². The summed E-state index contributed by atoms with van der Waals surface area (Å²) in [7, 11) is 2.77. The normalized spacial score (nSPS) is 55.2. The predicted molar refractivity (Wildman–Crippen MR) is 74.5 cm³/mol. The molecule has 0 aromatic heterocycles. The van der Waals surface area contributed by atoms with Gasteiger partial charge in [0.15, 0.2) is 0 Å². The summed E-state index contributed by atoms with van der Waals surface area (Å²) in [6.45, 7) is 1.88. The number of ether oxygens (including phenoxy) is 3. The Hall–Kier alpha value is -1.59. The Labute approximate surface area is 133 Å². The van der Waals surface area contributed by atoms with Gasteiger partial charge in [-0.2, -0.15) is 0 Å². The Kier molecular flexibility index (Phi) is 2.34. The van der Waals surface area contributed by atoms with Crippen LogP contribution in [0.1, 0.15) is 6.92 Å². The maximum Gasteiger partial charge on any atom is 0.309 e. The Morgan fingerprint density at radius 2 is 1.30 bits per heavy atom. The monoisotopic (exact) mass is 320 g/mol. The molecule has 0 heterocycles. The van der Waals surface area contributed by atoms with Crippen molar-refractivity contribution in [2.75, 3.05) is 20.8 Å². The molecule has 0 aliphatic heterocycles. The molecule has 2 bridgehead atoms. The molecule has 6 aliphatic rings. The number of esters is 3. The lowest BCUT2D eigenvalue weighted by molar-refractivity contribution is -0.171. The summed E-state index contributed by atoms with van der Waals surface area (Å²) in [5.41, 5.74) is 0.0331. The molecule has 2 unspecified atom stereocenters. The van der Waals surface area contributed by atoms with Gasteiger partial charge < -0.3 is 14.2 Å². The molecule has 0 spiro atoms. The lowest BCUT2D eigenvalue weighted by Crippen LogP contribution is -2.51. The largest absolute Gasteiger partial charge is 0.469 e. The fourth-order valence-electron chi connectivity index (χ4n) is 7.51. The van der Waals surface area contributed by atoms with E-state index in [4.69, 9.17) is 14.2 Å². The van der Waals surface area contributed by atoms with E-state index in [1.165, 1.54) is 21.1 Å². The Morgan fingerprint density at radius 3 is 1.70 bits per heavy atom. The maximum atomic E-state index is 12.4. The molecule has 0 radical (unpaired) electrons. The van der Waals surface area contributed by atoms with Crippen molar-refractivity contribution in [2.24, 2.45) is 58.7 Å². The number of methoxy groups -OCH3 is 2. The van der Waals surface area contributed by atoms with Gasteiger partial charge in [-0.25, -0.2) is 0 Å². The van der Waals surface area contributed by atoms with Gasteiger partial charge in [0.1, 0.15) is 0 Å². The lowest BCUT2D eigenvalue weighted by Gasteiger charge is -2.44. The first kappa shape index (κ1) is 13.8. The number of carbonyl (C=O) groups is 3. The first-order valence-electron chi connectivity index (χ1n) is 8.29. The van der Waals surface area contributed by atoms with Crippen molar-refractivity contribution >= 4 is 17.9 Å². The SMILES string of the molecule is COC(=O)[C@@H]1[C@H](C(=O)OC)[C@H]2[C@H]3C4[C@H]3[C@H]1[C@H]1[C@H]2C41COC(C)=O. The molecule has 23 heavy (non-hydrogen) atoms. The smallest absolute Gasteiger partial charge is 0.309 e. The molecular formula is C17H20O6. The fourth-order valence-corrected chi connectivity index (χ4v) is 7.51. The molecule has 6 aliphatic carbocycles. The fraction of sp³-hybridized carbons (Fsp3) is 0.824. The quantitative estimate of drug-likeness (QED) is 0.554. The zero-order valence-electron chi connectivity index (χ0n) is 13.4. The first-order chi connectivity index (χ1) is 11.0. The van der Waals surface area contributed by atoms with Gasteiger partial charge in [0, 0.05) is 12.3 Å². The molecule has 0 aromatic rings.